The minimum atomic E-state index is 0.657. The molecule has 1 aromatic heterocycles. The van der Waals surface area contributed by atoms with Crippen LogP contribution in [0.1, 0.15) is 17.0 Å². The first-order valence-electron chi connectivity index (χ1n) is 5.54. The Labute approximate surface area is 101 Å². The monoisotopic (exact) mass is 228 g/mol. The summed E-state index contributed by atoms with van der Waals surface area (Å²) in [5.41, 5.74) is 9.61. The van der Waals surface area contributed by atoms with Crippen molar-refractivity contribution in [2.24, 2.45) is 0 Å². The summed E-state index contributed by atoms with van der Waals surface area (Å²) in [6.07, 6.45) is 1.74. The van der Waals surface area contributed by atoms with Gasteiger partial charge in [0.05, 0.1) is 17.6 Å². The molecular formula is C13H16N4. The number of para-hydroxylation sites is 1. The second-order valence-electron chi connectivity index (χ2n) is 3.98. The summed E-state index contributed by atoms with van der Waals surface area (Å²) in [6.45, 7) is 4.55. The third-order valence-electron chi connectivity index (χ3n) is 2.71. The smallest absolute Gasteiger partial charge is 0.145 e. The van der Waals surface area contributed by atoms with Crippen LogP contribution in [-0.2, 0) is 6.54 Å². The lowest BCUT2D eigenvalue weighted by molar-refractivity contribution is 1.02. The molecule has 2 rings (SSSR count). The van der Waals surface area contributed by atoms with Gasteiger partial charge in [0.25, 0.3) is 0 Å². The summed E-state index contributed by atoms with van der Waals surface area (Å²) in [7, 11) is 0. The van der Waals surface area contributed by atoms with Crippen molar-refractivity contribution in [2.75, 3.05) is 11.1 Å². The Bertz CT molecular complexity index is 523. The average molecular weight is 228 g/mol. The van der Waals surface area contributed by atoms with Crippen LogP contribution in [-0.4, -0.2) is 9.97 Å². The van der Waals surface area contributed by atoms with Crippen LogP contribution in [0.25, 0.3) is 0 Å². The molecule has 4 nitrogen and oxygen atoms in total. The van der Waals surface area contributed by atoms with Crippen molar-refractivity contribution < 1.29 is 0 Å². The summed E-state index contributed by atoms with van der Waals surface area (Å²) >= 11 is 0. The van der Waals surface area contributed by atoms with E-state index in [0.717, 1.165) is 28.5 Å². The maximum atomic E-state index is 5.86. The summed E-state index contributed by atoms with van der Waals surface area (Å²) < 4.78 is 0. The van der Waals surface area contributed by atoms with Gasteiger partial charge in [-0.15, -0.1) is 0 Å². The third-order valence-corrected chi connectivity index (χ3v) is 2.71. The van der Waals surface area contributed by atoms with Gasteiger partial charge in [-0.1, -0.05) is 18.2 Å². The lowest BCUT2D eigenvalue weighted by Gasteiger charge is -2.08. The van der Waals surface area contributed by atoms with Crippen molar-refractivity contribution in [3.05, 3.63) is 47.4 Å². The van der Waals surface area contributed by atoms with Crippen LogP contribution in [0.4, 0.5) is 11.5 Å². The molecule has 0 bridgehead atoms. The number of nitrogens with two attached hydrogens (primary N) is 1. The number of nitrogen functional groups attached to an aromatic ring is 1. The van der Waals surface area contributed by atoms with Gasteiger partial charge in [-0.05, 0) is 25.5 Å². The van der Waals surface area contributed by atoms with Gasteiger partial charge in [0.2, 0.25) is 0 Å². The molecule has 3 N–H and O–H groups in total. The molecule has 2 aromatic rings. The summed E-state index contributed by atoms with van der Waals surface area (Å²) in [6, 6.07) is 7.79. The first-order chi connectivity index (χ1) is 8.16. The first kappa shape index (κ1) is 11.4. The van der Waals surface area contributed by atoms with E-state index in [4.69, 9.17) is 5.73 Å². The molecule has 0 aliphatic carbocycles. The Morgan fingerprint density at radius 1 is 1.18 bits per heavy atom. The molecule has 0 unspecified atom stereocenters. The van der Waals surface area contributed by atoms with Crippen molar-refractivity contribution >= 4 is 11.5 Å². The normalized spacial score (nSPS) is 10.2. The highest BCUT2D eigenvalue weighted by Gasteiger charge is 2.01. The van der Waals surface area contributed by atoms with Gasteiger partial charge in [-0.2, -0.15) is 0 Å². The molecule has 4 heteroatoms. The van der Waals surface area contributed by atoms with Crippen LogP contribution < -0.4 is 11.1 Å². The lowest BCUT2D eigenvalue weighted by Crippen LogP contribution is -2.05. The number of nitrogens with zero attached hydrogens (tertiary/aromatic N) is 2. The highest BCUT2D eigenvalue weighted by molar-refractivity contribution is 5.48. The van der Waals surface area contributed by atoms with Crippen molar-refractivity contribution in [3.8, 4) is 0 Å². The van der Waals surface area contributed by atoms with Gasteiger partial charge in [0, 0.05) is 12.2 Å². The molecule has 0 atom stereocenters. The SMILES string of the molecule is Cc1ncc(NCc2ccccc2N)nc1C. The zero-order chi connectivity index (χ0) is 12.3. The minimum absolute atomic E-state index is 0.657. The van der Waals surface area contributed by atoms with Crippen LogP contribution in [0, 0.1) is 13.8 Å². The van der Waals surface area contributed by atoms with E-state index >= 15 is 0 Å². The second-order valence-corrected chi connectivity index (χ2v) is 3.98. The fraction of sp³-hybridized carbons (Fsp3) is 0.231. The Hall–Kier alpha value is -2.10. The van der Waals surface area contributed by atoms with E-state index in [2.05, 4.69) is 15.3 Å². The van der Waals surface area contributed by atoms with Crippen LogP contribution in [0.3, 0.4) is 0 Å². The number of aromatic nitrogens is 2. The highest BCUT2D eigenvalue weighted by atomic mass is 15.0. The number of benzene rings is 1. The maximum Gasteiger partial charge on any atom is 0.145 e. The highest BCUT2D eigenvalue weighted by Crippen LogP contribution is 2.13. The van der Waals surface area contributed by atoms with E-state index in [0.29, 0.717) is 6.54 Å². The van der Waals surface area contributed by atoms with Crippen LogP contribution in [0.2, 0.25) is 0 Å². The molecular weight excluding hydrogens is 212 g/mol. The molecule has 0 saturated heterocycles. The molecule has 0 radical (unpaired) electrons. The zero-order valence-corrected chi connectivity index (χ0v) is 10.1. The average Bonchev–Trinajstić information content (AvgIpc) is 2.32. The zero-order valence-electron chi connectivity index (χ0n) is 10.1. The molecule has 1 aromatic carbocycles. The standard InChI is InChI=1S/C13H16N4/c1-9-10(2)17-13(8-15-9)16-7-11-5-3-4-6-12(11)14/h3-6,8H,7,14H2,1-2H3,(H,16,17). The van der Waals surface area contributed by atoms with Crippen molar-refractivity contribution in [2.45, 2.75) is 20.4 Å². The number of aryl methyl sites for hydroxylation is 2. The first-order valence-corrected chi connectivity index (χ1v) is 5.54. The molecule has 17 heavy (non-hydrogen) atoms. The van der Waals surface area contributed by atoms with Gasteiger partial charge in [0.1, 0.15) is 5.82 Å². The number of nitrogens with one attached hydrogen (secondary N) is 1. The minimum Gasteiger partial charge on any atom is -0.398 e. The van der Waals surface area contributed by atoms with E-state index < -0.39 is 0 Å². The van der Waals surface area contributed by atoms with Gasteiger partial charge in [0.15, 0.2) is 0 Å². The second kappa shape index (κ2) is 4.82. The Morgan fingerprint density at radius 3 is 2.65 bits per heavy atom. The topological polar surface area (TPSA) is 63.8 Å². The molecule has 0 aliphatic rings. The van der Waals surface area contributed by atoms with Gasteiger partial charge in [-0.3, -0.25) is 4.98 Å². The van der Waals surface area contributed by atoms with Crippen molar-refractivity contribution in [1.82, 2.24) is 9.97 Å². The predicted octanol–water partition coefficient (Wildman–Crippen LogP) is 2.29. The van der Waals surface area contributed by atoms with E-state index in [1.54, 1.807) is 6.20 Å². The van der Waals surface area contributed by atoms with E-state index in [1.807, 2.05) is 38.1 Å². The summed E-state index contributed by atoms with van der Waals surface area (Å²) in [5.74, 6) is 0.774. The van der Waals surface area contributed by atoms with E-state index in [9.17, 15) is 0 Å². The summed E-state index contributed by atoms with van der Waals surface area (Å²) in [4.78, 5) is 8.66. The van der Waals surface area contributed by atoms with Gasteiger partial charge >= 0.3 is 0 Å². The quantitative estimate of drug-likeness (QED) is 0.791. The van der Waals surface area contributed by atoms with Crippen molar-refractivity contribution in [1.29, 1.82) is 0 Å². The lowest BCUT2D eigenvalue weighted by atomic mass is 10.2. The number of hydrogen-bond donors (Lipinski definition) is 2. The summed E-state index contributed by atoms with van der Waals surface area (Å²) in [5, 5.41) is 3.22. The van der Waals surface area contributed by atoms with E-state index in [-0.39, 0.29) is 0 Å². The number of anilines is 2. The maximum absolute atomic E-state index is 5.86. The van der Waals surface area contributed by atoms with Crippen LogP contribution in [0.15, 0.2) is 30.5 Å². The molecule has 88 valence electrons. The Morgan fingerprint density at radius 2 is 1.94 bits per heavy atom. The fourth-order valence-electron chi connectivity index (χ4n) is 1.51. The number of hydrogen-bond acceptors (Lipinski definition) is 4. The molecule has 0 saturated carbocycles. The van der Waals surface area contributed by atoms with Crippen LogP contribution >= 0.6 is 0 Å². The predicted molar refractivity (Wildman–Crippen MR) is 69.7 cm³/mol. The molecule has 1 heterocycles. The van der Waals surface area contributed by atoms with Crippen molar-refractivity contribution in [3.63, 3.8) is 0 Å². The largest absolute Gasteiger partial charge is 0.398 e. The molecule has 0 aliphatic heterocycles. The molecule has 0 fully saturated rings. The molecule has 0 amide bonds. The number of rotatable bonds is 3. The Balaban J connectivity index is 2.08. The van der Waals surface area contributed by atoms with Gasteiger partial charge in [-0.25, -0.2) is 4.98 Å². The van der Waals surface area contributed by atoms with E-state index in [1.165, 1.54) is 0 Å². The fourth-order valence-corrected chi connectivity index (χ4v) is 1.51. The third kappa shape index (κ3) is 2.72. The van der Waals surface area contributed by atoms with Gasteiger partial charge < -0.3 is 11.1 Å². The van der Waals surface area contributed by atoms with Crippen LogP contribution in [0.5, 0.6) is 0 Å². The Kier molecular flexibility index (Phi) is 3.23. The molecule has 0 spiro atoms.